The number of carbonyl (C=O) groups is 1. The number of carbonyl (C=O) groups excluding carboxylic acids is 1. The number of hydrogen-bond donors (Lipinski definition) is 0. The Morgan fingerprint density at radius 1 is 0.926 bits per heavy atom. The molecule has 0 saturated carbocycles. The van der Waals surface area contributed by atoms with Gasteiger partial charge in [-0.2, -0.15) is 0 Å². The Hall–Kier alpha value is -2.39. The summed E-state index contributed by atoms with van der Waals surface area (Å²) in [6.07, 6.45) is 8.75. The normalized spacial score (nSPS) is 20.3. The molecule has 0 bridgehead atoms. The van der Waals surface area contributed by atoms with E-state index < -0.39 is 0 Å². The molecule has 0 radical (unpaired) electrons. The maximum absolute atomic E-state index is 12.3. The summed E-state index contributed by atoms with van der Waals surface area (Å²) < 4.78 is 0. The molecule has 1 saturated heterocycles. The fraction of sp³-hybridized carbons (Fsp3) is 0.375. The number of anilines is 1. The SMILES string of the molecule is O=C1Cc2ccccc2N1CCCN1CCC2(C=Cc3ccccc32)CC1. The molecule has 2 aromatic carbocycles. The summed E-state index contributed by atoms with van der Waals surface area (Å²) in [5.74, 6) is 0.251. The van der Waals surface area contributed by atoms with Crippen molar-refractivity contribution in [3.05, 3.63) is 71.3 Å². The van der Waals surface area contributed by atoms with Crippen molar-refractivity contribution in [1.82, 2.24) is 4.90 Å². The van der Waals surface area contributed by atoms with E-state index in [1.54, 1.807) is 0 Å². The fourth-order valence-corrected chi connectivity index (χ4v) is 5.06. The zero-order valence-electron chi connectivity index (χ0n) is 15.7. The smallest absolute Gasteiger partial charge is 0.231 e. The van der Waals surface area contributed by atoms with Crippen LogP contribution >= 0.6 is 0 Å². The van der Waals surface area contributed by atoms with E-state index in [1.165, 1.54) is 29.5 Å². The van der Waals surface area contributed by atoms with Crippen molar-refractivity contribution in [2.24, 2.45) is 0 Å². The summed E-state index contributed by atoms with van der Waals surface area (Å²) >= 11 is 0. The van der Waals surface area contributed by atoms with Crippen LogP contribution in [0.5, 0.6) is 0 Å². The molecular formula is C24H26N2O. The molecule has 3 nitrogen and oxygen atoms in total. The molecular weight excluding hydrogens is 332 g/mol. The largest absolute Gasteiger partial charge is 0.312 e. The van der Waals surface area contributed by atoms with Crippen LogP contribution in [0.1, 0.15) is 36.0 Å². The molecule has 2 aromatic rings. The van der Waals surface area contributed by atoms with E-state index in [-0.39, 0.29) is 11.3 Å². The first-order valence-corrected chi connectivity index (χ1v) is 10.1. The summed E-state index contributed by atoms with van der Waals surface area (Å²) in [5, 5.41) is 0. The number of nitrogens with zero attached hydrogens (tertiary/aromatic N) is 2. The Balaban J connectivity index is 1.16. The highest BCUT2D eigenvalue weighted by Crippen LogP contribution is 2.43. The third-order valence-electron chi connectivity index (χ3n) is 6.61. The van der Waals surface area contributed by atoms with Gasteiger partial charge in [0.15, 0.2) is 0 Å². The van der Waals surface area contributed by atoms with Crippen molar-refractivity contribution in [1.29, 1.82) is 0 Å². The second-order valence-electron chi connectivity index (χ2n) is 8.12. The Bertz CT molecular complexity index is 893. The van der Waals surface area contributed by atoms with Gasteiger partial charge in [-0.3, -0.25) is 4.79 Å². The van der Waals surface area contributed by atoms with E-state index in [0.29, 0.717) is 6.42 Å². The number of fused-ring (bicyclic) bond motifs is 3. The third kappa shape index (κ3) is 2.90. The summed E-state index contributed by atoms with van der Waals surface area (Å²) in [6, 6.07) is 17.1. The molecule has 138 valence electrons. The Morgan fingerprint density at radius 2 is 1.70 bits per heavy atom. The summed E-state index contributed by atoms with van der Waals surface area (Å²) in [7, 11) is 0. The topological polar surface area (TPSA) is 23.6 Å². The van der Waals surface area contributed by atoms with Gasteiger partial charge >= 0.3 is 0 Å². The number of hydrogen-bond acceptors (Lipinski definition) is 2. The zero-order chi connectivity index (χ0) is 18.3. The maximum atomic E-state index is 12.3. The molecule has 0 N–H and O–H groups in total. The van der Waals surface area contributed by atoms with E-state index in [1.807, 2.05) is 17.0 Å². The average molecular weight is 358 g/mol. The number of para-hydroxylation sites is 1. The van der Waals surface area contributed by atoms with Crippen LogP contribution in [-0.4, -0.2) is 37.0 Å². The summed E-state index contributed by atoms with van der Waals surface area (Å²) in [6.45, 7) is 4.19. The maximum Gasteiger partial charge on any atom is 0.231 e. The highest BCUT2D eigenvalue weighted by molar-refractivity contribution is 6.01. The quantitative estimate of drug-likeness (QED) is 0.824. The first-order chi connectivity index (χ1) is 13.3. The number of benzene rings is 2. The van der Waals surface area contributed by atoms with Gasteiger partial charge in [0, 0.05) is 17.6 Å². The molecule has 1 spiro atoms. The van der Waals surface area contributed by atoms with Crippen molar-refractivity contribution in [3.8, 4) is 0 Å². The first-order valence-electron chi connectivity index (χ1n) is 10.1. The van der Waals surface area contributed by atoms with Crippen molar-refractivity contribution >= 4 is 17.7 Å². The molecule has 0 aromatic heterocycles. The highest BCUT2D eigenvalue weighted by atomic mass is 16.2. The number of piperidine rings is 1. The van der Waals surface area contributed by atoms with E-state index in [9.17, 15) is 4.79 Å². The molecule has 0 unspecified atom stereocenters. The minimum atomic E-state index is 0.251. The van der Waals surface area contributed by atoms with E-state index >= 15 is 0 Å². The van der Waals surface area contributed by atoms with Crippen LogP contribution in [0.15, 0.2) is 54.6 Å². The Morgan fingerprint density at radius 3 is 2.59 bits per heavy atom. The molecule has 1 aliphatic carbocycles. The van der Waals surface area contributed by atoms with Crippen LogP contribution < -0.4 is 4.90 Å². The van der Waals surface area contributed by atoms with Gasteiger partial charge in [0.25, 0.3) is 0 Å². The molecule has 5 rings (SSSR count). The molecule has 0 atom stereocenters. The lowest BCUT2D eigenvalue weighted by Crippen LogP contribution is -2.42. The van der Waals surface area contributed by atoms with Crippen LogP contribution in [0.2, 0.25) is 0 Å². The molecule has 3 aliphatic rings. The summed E-state index contributed by atoms with van der Waals surface area (Å²) in [4.78, 5) is 16.9. The van der Waals surface area contributed by atoms with Gasteiger partial charge in [-0.15, -0.1) is 0 Å². The zero-order valence-corrected chi connectivity index (χ0v) is 15.7. The van der Waals surface area contributed by atoms with Gasteiger partial charge in [-0.05, 0) is 61.7 Å². The van der Waals surface area contributed by atoms with E-state index in [0.717, 1.165) is 38.3 Å². The summed E-state index contributed by atoms with van der Waals surface area (Å²) in [5.41, 5.74) is 5.47. The second-order valence-corrected chi connectivity index (χ2v) is 8.12. The third-order valence-corrected chi connectivity index (χ3v) is 6.61. The average Bonchev–Trinajstić information content (AvgIpc) is 3.22. The van der Waals surface area contributed by atoms with Crippen LogP contribution in [-0.2, 0) is 16.6 Å². The van der Waals surface area contributed by atoms with Gasteiger partial charge in [0.1, 0.15) is 0 Å². The molecule has 3 heteroatoms. The van der Waals surface area contributed by atoms with Crippen molar-refractivity contribution in [2.45, 2.75) is 31.1 Å². The van der Waals surface area contributed by atoms with Crippen molar-refractivity contribution in [3.63, 3.8) is 0 Å². The van der Waals surface area contributed by atoms with Crippen molar-refractivity contribution < 1.29 is 4.79 Å². The number of amides is 1. The van der Waals surface area contributed by atoms with Gasteiger partial charge in [0.2, 0.25) is 5.91 Å². The highest BCUT2D eigenvalue weighted by Gasteiger charge is 2.37. The lowest BCUT2D eigenvalue weighted by Gasteiger charge is -2.39. The number of allylic oxidation sites excluding steroid dienone is 1. The minimum absolute atomic E-state index is 0.251. The standard InChI is InChI=1S/C24H26N2O/c27-23-18-20-7-2-4-9-22(20)26(23)15-5-14-25-16-12-24(13-17-25)11-10-19-6-1-3-8-21(19)24/h1-4,6-11H,5,12-18H2. The predicted octanol–water partition coefficient (Wildman–Crippen LogP) is 4.03. The van der Waals surface area contributed by atoms with Gasteiger partial charge in [0.05, 0.1) is 6.42 Å². The number of likely N-dealkylation sites (tertiary alicyclic amines) is 1. The van der Waals surface area contributed by atoms with Crippen LogP contribution in [0.25, 0.3) is 6.08 Å². The van der Waals surface area contributed by atoms with Gasteiger partial charge in [-0.1, -0.05) is 54.6 Å². The monoisotopic (exact) mass is 358 g/mol. The van der Waals surface area contributed by atoms with Crippen molar-refractivity contribution in [2.75, 3.05) is 31.1 Å². The molecule has 27 heavy (non-hydrogen) atoms. The van der Waals surface area contributed by atoms with Crippen LogP contribution in [0.4, 0.5) is 5.69 Å². The lowest BCUT2D eigenvalue weighted by atomic mass is 9.74. The van der Waals surface area contributed by atoms with Crippen LogP contribution in [0.3, 0.4) is 0 Å². The number of rotatable bonds is 4. The molecule has 2 aliphatic heterocycles. The Kier molecular flexibility index (Phi) is 4.13. The van der Waals surface area contributed by atoms with Gasteiger partial charge in [-0.25, -0.2) is 0 Å². The van der Waals surface area contributed by atoms with E-state index in [4.69, 9.17) is 0 Å². The lowest BCUT2D eigenvalue weighted by molar-refractivity contribution is -0.117. The molecule has 1 amide bonds. The molecule has 2 heterocycles. The molecule has 1 fully saturated rings. The minimum Gasteiger partial charge on any atom is -0.312 e. The first kappa shape index (κ1) is 16.8. The predicted molar refractivity (Wildman–Crippen MR) is 110 cm³/mol. The fourth-order valence-electron chi connectivity index (χ4n) is 5.06. The second kappa shape index (κ2) is 6.65. The van der Waals surface area contributed by atoms with E-state index in [2.05, 4.69) is 53.5 Å². The van der Waals surface area contributed by atoms with Crippen LogP contribution in [0, 0.1) is 0 Å². The Labute approximate surface area is 161 Å². The van der Waals surface area contributed by atoms with Gasteiger partial charge < -0.3 is 9.80 Å².